The van der Waals surface area contributed by atoms with Gasteiger partial charge in [0.15, 0.2) is 15.8 Å². The van der Waals surface area contributed by atoms with E-state index in [1.54, 1.807) is 19.2 Å². The van der Waals surface area contributed by atoms with Crippen molar-refractivity contribution in [3.05, 3.63) is 65.2 Å². The predicted octanol–water partition coefficient (Wildman–Crippen LogP) is 2.85. The van der Waals surface area contributed by atoms with Crippen LogP contribution >= 0.6 is 24.0 Å². The second-order valence-corrected chi connectivity index (χ2v) is 7.45. The smallest absolute Gasteiger partial charge is 0.191 e. The number of nitrogens with one attached hydrogen (secondary N) is 2. The number of aliphatic imine (C=N–C) groups is 1. The maximum atomic E-state index is 13.6. The van der Waals surface area contributed by atoms with E-state index in [9.17, 15) is 17.2 Å². The van der Waals surface area contributed by atoms with Gasteiger partial charge >= 0.3 is 0 Å². The third kappa shape index (κ3) is 6.52. The van der Waals surface area contributed by atoms with Crippen LogP contribution in [0.25, 0.3) is 0 Å². The first-order chi connectivity index (χ1) is 11.8. The molecule has 0 radical (unpaired) electrons. The number of guanidine groups is 1. The van der Waals surface area contributed by atoms with Crippen LogP contribution in [-0.2, 0) is 22.9 Å². The quantitative estimate of drug-likeness (QED) is 0.381. The van der Waals surface area contributed by atoms with Gasteiger partial charge in [-0.3, -0.25) is 4.99 Å². The van der Waals surface area contributed by atoms with E-state index in [4.69, 9.17) is 0 Å². The van der Waals surface area contributed by atoms with E-state index < -0.39 is 21.5 Å². The molecule has 0 aliphatic rings. The molecule has 0 aromatic heterocycles. The number of sulfone groups is 1. The minimum atomic E-state index is -3.23. The van der Waals surface area contributed by atoms with Crippen LogP contribution in [0.5, 0.6) is 0 Å². The van der Waals surface area contributed by atoms with E-state index >= 15 is 0 Å². The molecule has 0 saturated heterocycles. The number of hydrogen-bond acceptors (Lipinski definition) is 3. The topological polar surface area (TPSA) is 70.6 Å². The molecule has 0 amide bonds. The monoisotopic (exact) mass is 495 g/mol. The van der Waals surface area contributed by atoms with Crippen molar-refractivity contribution in [1.29, 1.82) is 0 Å². The second-order valence-electron chi connectivity index (χ2n) is 5.43. The van der Waals surface area contributed by atoms with E-state index in [1.807, 2.05) is 0 Å². The molecule has 142 valence electrons. The zero-order chi connectivity index (χ0) is 18.4. The predicted molar refractivity (Wildman–Crippen MR) is 108 cm³/mol. The molecule has 2 aromatic rings. The van der Waals surface area contributed by atoms with Crippen molar-refractivity contribution >= 4 is 39.8 Å². The van der Waals surface area contributed by atoms with Crippen LogP contribution in [0.4, 0.5) is 8.78 Å². The minimum Gasteiger partial charge on any atom is -0.352 e. The van der Waals surface area contributed by atoms with E-state index in [2.05, 4.69) is 15.6 Å². The number of hydrogen-bond donors (Lipinski definition) is 2. The van der Waals surface area contributed by atoms with Gasteiger partial charge in [0.2, 0.25) is 0 Å². The molecule has 5 nitrogen and oxygen atoms in total. The Morgan fingerprint density at radius 2 is 1.65 bits per heavy atom. The summed E-state index contributed by atoms with van der Waals surface area (Å²) in [5, 5.41) is 5.92. The molecule has 0 aliphatic heterocycles. The summed E-state index contributed by atoms with van der Waals surface area (Å²) in [5.41, 5.74) is 1.05. The van der Waals surface area contributed by atoms with Crippen LogP contribution in [-0.4, -0.2) is 27.7 Å². The maximum Gasteiger partial charge on any atom is 0.191 e. The van der Waals surface area contributed by atoms with Gasteiger partial charge in [-0.2, -0.15) is 0 Å². The van der Waals surface area contributed by atoms with Crippen LogP contribution in [0, 0.1) is 11.6 Å². The summed E-state index contributed by atoms with van der Waals surface area (Å²) in [7, 11) is -1.67. The summed E-state index contributed by atoms with van der Waals surface area (Å²) < 4.78 is 49.6. The Hall–Kier alpha value is -1.75. The van der Waals surface area contributed by atoms with Crippen LogP contribution in [0.1, 0.15) is 11.1 Å². The lowest BCUT2D eigenvalue weighted by Gasteiger charge is -2.12. The Kier molecular flexibility index (Phi) is 8.41. The summed E-state index contributed by atoms with van der Waals surface area (Å²) in [5.74, 6) is -0.594. The summed E-state index contributed by atoms with van der Waals surface area (Å²) in [4.78, 5) is 4.26. The van der Waals surface area contributed by atoms with Gasteiger partial charge in [0.25, 0.3) is 0 Å². The highest BCUT2D eigenvalue weighted by Gasteiger charge is 2.07. The van der Waals surface area contributed by atoms with Crippen molar-refractivity contribution in [2.45, 2.75) is 18.0 Å². The van der Waals surface area contributed by atoms with E-state index in [0.29, 0.717) is 12.5 Å². The fraction of sp³-hybridized carbons (Fsp3) is 0.235. The standard InChI is InChI=1S/C17H19F2N3O2S.HI/c1-20-17(22-11-13-9-14(18)5-8-16(13)19)21-10-12-3-6-15(7-4-12)25(2,23)24;/h3-9H,10-11H2,1-2H3,(H2,20,21,22);1H. The molecular formula is C17H20F2IN3O2S. The normalized spacial score (nSPS) is 11.6. The van der Waals surface area contributed by atoms with Crippen molar-refractivity contribution in [2.24, 2.45) is 4.99 Å². The van der Waals surface area contributed by atoms with Crippen molar-refractivity contribution in [3.8, 4) is 0 Å². The molecule has 0 unspecified atom stereocenters. The molecule has 0 heterocycles. The zero-order valence-electron chi connectivity index (χ0n) is 14.3. The lowest BCUT2D eigenvalue weighted by molar-refractivity contribution is 0.581. The first-order valence-corrected chi connectivity index (χ1v) is 9.36. The molecule has 9 heteroatoms. The van der Waals surface area contributed by atoms with E-state index in [0.717, 1.165) is 30.0 Å². The van der Waals surface area contributed by atoms with Gasteiger partial charge in [-0.05, 0) is 35.9 Å². The number of benzene rings is 2. The average molecular weight is 495 g/mol. The largest absolute Gasteiger partial charge is 0.352 e. The summed E-state index contributed by atoms with van der Waals surface area (Å²) in [6.07, 6.45) is 1.15. The van der Waals surface area contributed by atoms with Crippen LogP contribution in [0.2, 0.25) is 0 Å². The fourth-order valence-corrected chi connectivity index (χ4v) is 2.75. The zero-order valence-corrected chi connectivity index (χ0v) is 17.4. The Balaban J connectivity index is 0.00000338. The molecule has 0 atom stereocenters. The Labute approximate surface area is 168 Å². The lowest BCUT2D eigenvalue weighted by atomic mass is 10.2. The molecule has 2 N–H and O–H groups in total. The van der Waals surface area contributed by atoms with Crippen molar-refractivity contribution in [2.75, 3.05) is 13.3 Å². The van der Waals surface area contributed by atoms with Gasteiger partial charge in [0, 0.05) is 32.0 Å². The van der Waals surface area contributed by atoms with Crippen LogP contribution in [0.3, 0.4) is 0 Å². The minimum absolute atomic E-state index is 0. The Bertz CT molecular complexity index is 872. The molecule has 2 aromatic carbocycles. The third-order valence-corrected chi connectivity index (χ3v) is 4.62. The van der Waals surface area contributed by atoms with Gasteiger partial charge < -0.3 is 10.6 Å². The van der Waals surface area contributed by atoms with E-state index in [1.165, 1.54) is 12.1 Å². The Morgan fingerprint density at radius 3 is 2.23 bits per heavy atom. The lowest BCUT2D eigenvalue weighted by Crippen LogP contribution is -2.36. The highest BCUT2D eigenvalue weighted by Crippen LogP contribution is 2.11. The third-order valence-electron chi connectivity index (χ3n) is 3.49. The Morgan fingerprint density at radius 1 is 1.04 bits per heavy atom. The fourth-order valence-electron chi connectivity index (χ4n) is 2.12. The number of rotatable bonds is 5. The van der Waals surface area contributed by atoms with Gasteiger partial charge in [0.05, 0.1) is 4.90 Å². The highest BCUT2D eigenvalue weighted by molar-refractivity contribution is 14.0. The maximum absolute atomic E-state index is 13.6. The van der Waals surface area contributed by atoms with E-state index in [-0.39, 0.29) is 41.0 Å². The average Bonchev–Trinajstić information content (AvgIpc) is 2.57. The van der Waals surface area contributed by atoms with Crippen LogP contribution < -0.4 is 10.6 Å². The first kappa shape index (κ1) is 22.3. The van der Waals surface area contributed by atoms with Gasteiger partial charge in [-0.15, -0.1) is 24.0 Å². The molecule has 0 spiro atoms. The van der Waals surface area contributed by atoms with Crippen molar-refractivity contribution in [3.63, 3.8) is 0 Å². The van der Waals surface area contributed by atoms with Crippen LogP contribution in [0.15, 0.2) is 52.4 Å². The molecular weight excluding hydrogens is 475 g/mol. The molecule has 0 aliphatic carbocycles. The highest BCUT2D eigenvalue weighted by atomic mass is 127. The summed E-state index contributed by atoms with van der Waals surface area (Å²) >= 11 is 0. The summed E-state index contributed by atoms with van der Waals surface area (Å²) in [6.45, 7) is 0.478. The molecule has 0 saturated carbocycles. The first-order valence-electron chi connectivity index (χ1n) is 7.47. The van der Waals surface area contributed by atoms with Gasteiger partial charge in [-0.25, -0.2) is 17.2 Å². The van der Waals surface area contributed by atoms with Gasteiger partial charge in [-0.1, -0.05) is 12.1 Å². The SMILES string of the molecule is CN=C(NCc1ccc(S(C)(=O)=O)cc1)NCc1cc(F)ccc1F.I. The summed E-state index contributed by atoms with van der Waals surface area (Å²) in [6, 6.07) is 9.72. The molecule has 26 heavy (non-hydrogen) atoms. The second kappa shape index (κ2) is 9.81. The molecule has 0 fully saturated rings. The molecule has 2 rings (SSSR count). The van der Waals surface area contributed by atoms with Crippen molar-refractivity contribution in [1.82, 2.24) is 10.6 Å². The number of halogens is 3. The van der Waals surface area contributed by atoms with Crippen molar-refractivity contribution < 1.29 is 17.2 Å². The molecule has 0 bridgehead atoms. The number of nitrogens with zero attached hydrogens (tertiary/aromatic N) is 1. The van der Waals surface area contributed by atoms with Gasteiger partial charge in [0.1, 0.15) is 11.6 Å².